The van der Waals surface area contributed by atoms with Gasteiger partial charge in [0.05, 0.1) is 5.56 Å². The molecular formula is C16H14FN5O. The number of amides is 1. The molecule has 0 saturated carbocycles. The summed E-state index contributed by atoms with van der Waals surface area (Å²) in [7, 11) is 0. The maximum atomic E-state index is 13.7. The van der Waals surface area contributed by atoms with Crippen LogP contribution in [-0.2, 0) is 11.3 Å². The monoisotopic (exact) mass is 311 g/mol. The zero-order valence-corrected chi connectivity index (χ0v) is 12.4. The molecule has 1 amide bonds. The van der Waals surface area contributed by atoms with Crippen molar-refractivity contribution in [2.45, 2.75) is 13.5 Å². The molecule has 0 unspecified atom stereocenters. The third kappa shape index (κ3) is 3.39. The van der Waals surface area contributed by atoms with Crippen molar-refractivity contribution >= 4 is 11.6 Å². The third-order valence-corrected chi connectivity index (χ3v) is 3.27. The van der Waals surface area contributed by atoms with E-state index in [4.69, 9.17) is 0 Å². The van der Waals surface area contributed by atoms with Crippen LogP contribution in [0.15, 0.2) is 48.5 Å². The van der Waals surface area contributed by atoms with Crippen molar-refractivity contribution in [1.29, 1.82) is 0 Å². The molecule has 2 aromatic carbocycles. The molecule has 0 radical (unpaired) electrons. The summed E-state index contributed by atoms with van der Waals surface area (Å²) in [6, 6.07) is 13.6. The van der Waals surface area contributed by atoms with Gasteiger partial charge in [-0.1, -0.05) is 30.3 Å². The number of aryl methyl sites for hydroxylation is 1. The fourth-order valence-electron chi connectivity index (χ4n) is 2.09. The van der Waals surface area contributed by atoms with Gasteiger partial charge < -0.3 is 5.32 Å². The van der Waals surface area contributed by atoms with Crippen LogP contribution in [0, 0.1) is 12.7 Å². The van der Waals surface area contributed by atoms with Crippen LogP contribution in [0.1, 0.15) is 5.56 Å². The molecule has 6 nitrogen and oxygen atoms in total. The minimum absolute atomic E-state index is 0.101. The molecule has 1 N–H and O–H groups in total. The van der Waals surface area contributed by atoms with Crippen LogP contribution >= 0.6 is 0 Å². The predicted octanol–water partition coefficient (Wildman–Crippen LogP) is 2.43. The number of carbonyl (C=O) groups is 1. The maximum Gasteiger partial charge on any atom is 0.248 e. The van der Waals surface area contributed by atoms with Gasteiger partial charge in [0.25, 0.3) is 0 Å². The molecule has 0 saturated heterocycles. The van der Waals surface area contributed by atoms with Crippen LogP contribution in [0.3, 0.4) is 0 Å². The van der Waals surface area contributed by atoms with E-state index in [2.05, 4.69) is 20.7 Å². The number of nitrogens with zero attached hydrogens (tertiary/aromatic N) is 4. The largest absolute Gasteiger partial charge is 0.324 e. The second-order valence-electron chi connectivity index (χ2n) is 4.99. The smallest absolute Gasteiger partial charge is 0.248 e. The molecule has 0 bridgehead atoms. The lowest BCUT2D eigenvalue weighted by Gasteiger charge is -2.07. The molecule has 3 aromatic rings. The summed E-state index contributed by atoms with van der Waals surface area (Å²) in [6.45, 7) is 1.80. The van der Waals surface area contributed by atoms with Gasteiger partial charge in [-0.3, -0.25) is 4.79 Å². The van der Waals surface area contributed by atoms with Gasteiger partial charge in [-0.2, -0.15) is 4.80 Å². The average molecular weight is 311 g/mol. The molecular weight excluding hydrogens is 297 g/mol. The van der Waals surface area contributed by atoms with Gasteiger partial charge in [0.2, 0.25) is 11.7 Å². The molecule has 0 fully saturated rings. The summed E-state index contributed by atoms with van der Waals surface area (Å²) in [5.41, 5.74) is 1.93. The molecule has 0 aliphatic rings. The Labute approximate surface area is 132 Å². The number of anilines is 1. The minimum Gasteiger partial charge on any atom is -0.324 e. The fourth-order valence-corrected chi connectivity index (χ4v) is 2.09. The highest BCUT2D eigenvalue weighted by atomic mass is 19.1. The van der Waals surface area contributed by atoms with Crippen molar-refractivity contribution in [2.24, 2.45) is 0 Å². The standard InChI is InChI=1S/C16H14FN5O/c1-11-6-2-5-9-14(11)18-15(23)10-22-20-16(19-21-22)12-7-3-4-8-13(12)17/h2-9H,10H2,1H3,(H,18,23). The molecule has 3 rings (SSSR count). The van der Waals surface area contributed by atoms with Crippen molar-refractivity contribution in [3.8, 4) is 11.4 Å². The highest BCUT2D eigenvalue weighted by Gasteiger charge is 2.12. The van der Waals surface area contributed by atoms with Gasteiger partial charge in [-0.05, 0) is 35.9 Å². The van der Waals surface area contributed by atoms with Crippen molar-refractivity contribution in [3.63, 3.8) is 0 Å². The van der Waals surface area contributed by atoms with E-state index >= 15 is 0 Å². The number of halogens is 1. The van der Waals surface area contributed by atoms with Crippen LogP contribution in [-0.4, -0.2) is 26.1 Å². The molecule has 23 heavy (non-hydrogen) atoms. The summed E-state index contributed by atoms with van der Waals surface area (Å²) in [5.74, 6) is -0.569. The van der Waals surface area contributed by atoms with E-state index in [1.54, 1.807) is 18.2 Å². The van der Waals surface area contributed by atoms with E-state index < -0.39 is 5.82 Å². The molecule has 1 heterocycles. The van der Waals surface area contributed by atoms with Crippen LogP contribution in [0.25, 0.3) is 11.4 Å². The number of carbonyl (C=O) groups excluding carboxylic acids is 1. The first-order valence-corrected chi connectivity index (χ1v) is 7.01. The molecule has 0 atom stereocenters. The van der Waals surface area contributed by atoms with Crippen LogP contribution in [0.4, 0.5) is 10.1 Å². The predicted molar refractivity (Wildman–Crippen MR) is 83.0 cm³/mol. The first-order valence-electron chi connectivity index (χ1n) is 7.01. The first-order chi connectivity index (χ1) is 11.1. The quantitative estimate of drug-likeness (QED) is 0.803. The van der Waals surface area contributed by atoms with E-state index in [0.29, 0.717) is 0 Å². The number of hydrogen-bond donors (Lipinski definition) is 1. The second kappa shape index (κ2) is 6.35. The lowest BCUT2D eigenvalue weighted by molar-refractivity contribution is -0.117. The Morgan fingerprint density at radius 2 is 1.91 bits per heavy atom. The third-order valence-electron chi connectivity index (χ3n) is 3.27. The van der Waals surface area contributed by atoms with Crippen molar-refractivity contribution in [2.75, 3.05) is 5.32 Å². The van der Waals surface area contributed by atoms with Crippen LogP contribution < -0.4 is 5.32 Å². The summed E-state index contributed by atoms with van der Waals surface area (Å²) in [4.78, 5) is 13.2. The number of aromatic nitrogens is 4. The first kappa shape index (κ1) is 14.8. The minimum atomic E-state index is -0.434. The Bertz CT molecular complexity index is 846. The van der Waals surface area contributed by atoms with E-state index in [0.717, 1.165) is 16.0 Å². The van der Waals surface area contributed by atoms with Gasteiger partial charge in [0.15, 0.2) is 0 Å². The number of para-hydroxylation sites is 1. The van der Waals surface area contributed by atoms with Crippen LogP contribution in [0.5, 0.6) is 0 Å². The fraction of sp³-hybridized carbons (Fsp3) is 0.125. The Balaban J connectivity index is 1.71. The van der Waals surface area contributed by atoms with Crippen molar-refractivity contribution in [1.82, 2.24) is 20.2 Å². The highest BCUT2D eigenvalue weighted by Crippen LogP contribution is 2.17. The van der Waals surface area contributed by atoms with Crippen molar-refractivity contribution in [3.05, 3.63) is 59.9 Å². The van der Waals surface area contributed by atoms with E-state index in [-0.39, 0.29) is 23.8 Å². The SMILES string of the molecule is Cc1ccccc1NC(=O)Cn1nnc(-c2ccccc2F)n1. The highest BCUT2D eigenvalue weighted by molar-refractivity contribution is 5.91. The van der Waals surface area contributed by atoms with E-state index in [1.807, 2.05) is 31.2 Å². The molecule has 1 aromatic heterocycles. The van der Waals surface area contributed by atoms with Crippen LogP contribution in [0.2, 0.25) is 0 Å². The van der Waals surface area contributed by atoms with Gasteiger partial charge in [0, 0.05) is 5.69 Å². The number of benzene rings is 2. The summed E-state index contributed by atoms with van der Waals surface area (Å²) >= 11 is 0. The van der Waals surface area contributed by atoms with Gasteiger partial charge >= 0.3 is 0 Å². The maximum absolute atomic E-state index is 13.7. The summed E-state index contributed by atoms with van der Waals surface area (Å²) in [6.07, 6.45) is 0. The Hall–Kier alpha value is -3.09. The lowest BCUT2D eigenvalue weighted by atomic mass is 10.2. The van der Waals surface area contributed by atoms with Gasteiger partial charge in [0.1, 0.15) is 12.4 Å². The molecule has 0 spiro atoms. The molecule has 0 aliphatic carbocycles. The zero-order chi connectivity index (χ0) is 16.2. The normalized spacial score (nSPS) is 10.5. The molecule has 116 valence electrons. The number of hydrogen-bond acceptors (Lipinski definition) is 4. The summed E-state index contributed by atoms with van der Waals surface area (Å²) in [5, 5.41) is 14.4. The summed E-state index contributed by atoms with van der Waals surface area (Å²) < 4.78 is 13.7. The van der Waals surface area contributed by atoms with E-state index in [9.17, 15) is 9.18 Å². The van der Waals surface area contributed by atoms with Gasteiger partial charge in [-0.15, -0.1) is 10.2 Å². The number of nitrogens with one attached hydrogen (secondary N) is 1. The number of tetrazole rings is 1. The Kier molecular flexibility index (Phi) is 4.09. The number of rotatable bonds is 4. The Morgan fingerprint density at radius 1 is 1.17 bits per heavy atom. The van der Waals surface area contributed by atoms with Crippen molar-refractivity contribution < 1.29 is 9.18 Å². The molecule has 7 heteroatoms. The average Bonchev–Trinajstić information content (AvgIpc) is 2.98. The topological polar surface area (TPSA) is 72.7 Å². The zero-order valence-electron chi connectivity index (χ0n) is 12.4. The second-order valence-corrected chi connectivity index (χ2v) is 4.99. The molecule has 0 aliphatic heterocycles. The van der Waals surface area contributed by atoms with Gasteiger partial charge in [-0.25, -0.2) is 4.39 Å². The van der Waals surface area contributed by atoms with E-state index in [1.165, 1.54) is 6.07 Å². The Morgan fingerprint density at radius 3 is 2.70 bits per heavy atom. The lowest BCUT2D eigenvalue weighted by Crippen LogP contribution is -2.20.